The minimum absolute atomic E-state index is 0.000310. The van der Waals surface area contributed by atoms with Gasteiger partial charge in [-0.05, 0) is 12.0 Å². The lowest BCUT2D eigenvalue weighted by Gasteiger charge is -2.20. The second kappa shape index (κ2) is 7.93. The van der Waals surface area contributed by atoms with Gasteiger partial charge in [-0.3, -0.25) is 9.20 Å². The van der Waals surface area contributed by atoms with E-state index in [4.69, 9.17) is 0 Å². The number of aromatic nitrogens is 2. The molecule has 3 rings (SSSR count). The van der Waals surface area contributed by atoms with Crippen molar-refractivity contribution in [1.29, 1.82) is 0 Å². The van der Waals surface area contributed by atoms with Crippen molar-refractivity contribution in [1.82, 2.24) is 9.38 Å². The molecular weight excluding hydrogens is 330 g/mol. The van der Waals surface area contributed by atoms with Gasteiger partial charge in [0.15, 0.2) is 4.96 Å². The average molecular weight is 357 g/mol. The molecule has 2 N–H and O–H groups in total. The zero-order valence-electron chi connectivity index (χ0n) is 15.1. The summed E-state index contributed by atoms with van der Waals surface area (Å²) in [4.78, 5) is 17.5. The molecule has 3 aromatic rings. The van der Waals surface area contributed by atoms with E-state index in [1.165, 1.54) is 28.9 Å². The molecule has 4 nitrogen and oxygen atoms in total. The normalized spacial score (nSPS) is 12.8. The molecule has 1 aromatic carbocycles. The van der Waals surface area contributed by atoms with Crippen LogP contribution in [0.3, 0.4) is 0 Å². The first-order valence-corrected chi connectivity index (χ1v) is 9.84. The van der Waals surface area contributed by atoms with Crippen LogP contribution in [0.4, 0.5) is 0 Å². The van der Waals surface area contributed by atoms with Crippen molar-refractivity contribution in [2.24, 2.45) is 5.92 Å². The molecule has 0 fully saturated rings. The monoisotopic (exact) mass is 356 g/mol. The van der Waals surface area contributed by atoms with E-state index in [-0.39, 0.29) is 5.56 Å². The minimum atomic E-state index is -0.000310. The van der Waals surface area contributed by atoms with Gasteiger partial charge in [0.1, 0.15) is 18.3 Å². The van der Waals surface area contributed by atoms with Crippen LogP contribution in [-0.2, 0) is 13.0 Å². The van der Waals surface area contributed by atoms with Crippen molar-refractivity contribution in [3.63, 3.8) is 0 Å². The number of hydrogen-bond acceptors (Lipinski definition) is 3. The fourth-order valence-corrected chi connectivity index (χ4v) is 3.97. The smallest absolute Gasteiger partial charge is 0.258 e. The van der Waals surface area contributed by atoms with Crippen LogP contribution in [0.25, 0.3) is 4.96 Å². The largest absolute Gasteiger partial charge is 0.335 e. The summed E-state index contributed by atoms with van der Waals surface area (Å²) in [6.45, 7) is 7.40. The van der Waals surface area contributed by atoms with Gasteiger partial charge in [-0.2, -0.15) is 0 Å². The molecule has 1 atom stereocenters. The lowest BCUT2D eigenvalue weighted by atomic mass is 9.94. The van der Waals surface area contributed by atoms with Gasteiger partial charge in [-0.25, -0.2) is 4.98 Å². The van der Waals surface area contributed by atoms with Gasteiger partial charge in [-0.1, -0.05) is 51.5 Å². The fourth-order valence-electron chi connectivity index (χ4n) is 3.23. The number of rotatable bonds is 7. The lowest BCUT2D eigenvalue weighted by Crippen LogP contribution is -2.84. The number of fused-ring (bicyclic) bond motifs is 1. The van der Waals surface area contributed by atoms with E-state index < -0.39 is 0 Å². The molecule has 0 radical (unpaired) electrons. The average Bonchev–Trinajstić information content (AvgIpc) is 3.05. The highest BCUT2D eigenvalue weighted by Gasteiger charge is 2.19. The molecule has 0 saturated heterocycles. The van der Waals surface area contributed by atoms with E-state index in [0.29, 0.717) is 18.5 Å². The summed E-state index contributed by atoms with van der Waals surface area (Å²) < 4.78 is 1.60. The summed E-state index contributed by atoms with van der Waals surface area (Å²) in [6.07, 6.45) is 4.08. The fraction of sp³-hybridized carbons (Fsp3) is 0.400. The summed E-state index contributed by atoms with van der Waals surface area (Å²) in [7, 11) is 0. The number of quaternary nitrogens is 1. The van der Waals surface area contributed by atoms with E-state index in [2.05, 4.69) is 55.3 Å². The van der Waals surface area contributed by atoms with Crippen molar-refractivity contribution in [2.45, 2.75) is 46.2 Å². The maximum Gasteiger partial charge on any atom is 0.258 e. The summed E-state index contributed by atoms with van der Waals surface area (Å²) >= 11 is 1.50. The van der Waals surface area contributed by atoms with Crippen LogP contribution in [0.15, 0.2) is 46.7 Å². The van der Waals surface area contributed by atoms with Crippen LogP contribution in [0, 0.1) is 5.92 Å². The highest BCUT2D eigenvalue weighted by Crippen LogP contribution is 2.19. The van der Waals surface area contributed by atoms with Gasteiger partial charge in [0.05, 0.1) is 0 Å². The van der Waals surface area contributed by atoms with Crippen molar-refractivity contribution >= 4 is 16.3 Å². The maximum atomic E-state index is 12.1. The molecule has 0 spiro atoms. The molecule has 0 aliphatic rings. The molecule has 0 unspecified atom stereocenters. The Hall–Kier alpha value is -1.98. The topological polar surface area (TPSA) is 51.0 Å². The van der Waals surface area contributed by atoms with Crippen molar-refractivity contribution in [3.8, 4) is 0 Å². The maximum absolute atomic E-state index is 12.1. The van der Waals surface area contributed by atoms with Gasteiger partial charge in [0, 0.05) is 29.1 Å². The third-order valence-electron chi connectivity index (χ3n) is 4.56. The number of thiazole rings is 1. The van der Waals surface area contributed by atoms with E-state index in [1.807, 2.05) is 5.38 Å². The Labute approximate surface area is 152 Å². The van der Waals surface area contributed by atoms with Gasteiger partial charge in [-0.15, -0.1) is 11.3 Å². The van der Waals surface area contributed by atoms with Gasteiger partial charge in [0.25, 0.3) is 5.56 Å². The first-order chi connectivity index (χ1) is 12.1. The molecule has 2 heterocycles. The second-order valence-corrected chi connectivity index (χ2v) is 7.72. The standard InChI is InChI=1S/C20H25N3OS/c1-4-5-15-6-8-16(9-7-15)19(14(2)3)21-13-17-12-18(24)23-10-11-25-20(23)22-17/h6-12,14,19,21H,4-5,13H2,1-3H3/p+1/t19-/m0/s1. The quantitative estimate of drug-likeness (QED) is 0.707. The third-order valence-corrected chi connectivity index (χ3v) is 5.32. The predicted octanol–water partition coefficient (Wildman–Crippen LogP) is 3.17. The Balaban J connectivity index is 1.76. The Morgan fingerprint density at radius 1 is 1.24 bits per heavy atom. The minimum Gasteiger partial charge on any atom is -0.335 e. The summed E-state index contributed by atoms with van der Waals surface area (Å²) in [5, 5.41) is 4.19. The Kier molecular flexibility index (Phi) is 5.66. The third kappa shape index (κ3) is 4.17. The number of nitrogens with zero attached hydrogens (tertiary/aromatic N) is 2. The van der Waals surface area contributed by atoms with Gasteiger partial charge in [0.2, 0.25) is 0 Å². The second-order valence-electron chi connectivity index (χ2n) is 6.84. The molecule has 2 aromatic heterocycles. The Bertz CT molecular complexity index is 880. The van der Waals surface area contributed by atoms with E-state index in [0.717, 1.165) is 17.1 Å². The molecule has 132 valence electrons. The molecule has 0 saturated carbocycles. The molecule has 0 bridgehead atoms. The van der Waals surface area contributed by atoms with Crippen LogP contribution in [0.5, 0.6) is 0 Å². The van der Waals surface area contributed by atoms with Crippen molar-refractivity contribution in [2.75, 3.05) is 0 Å². The van der Waals surface area contributed by atoms with Gasteiger partial charge >= 0.3 is 0 Å². The zero-order chi connectivity index (χ0) is 17.8. The van der Waals surface area contributed by atoms with E-state index in [9.17, 15) is 4.79 Å². The molecule has 0 aliphatic heterocycles. The molecule has 25 heavy (non-hydrogen) atoms. The zero-order valence-corrected chi connectivity index (χ0v) is 15.9. The Morgan fingerprint density at radius 2 is 2.00 bits per heavy atom. The highest BCUT2D eigenvalue weighted by atomic mass is 32.1. The van der Waals surface area contributed by atoms with Crippen LogP contribution >= 0.6 is 11.3 Å². The van der Waals surface area contributed by atoms with E-state index in [1.54, 1.807) is 16.7 Å². The van der Waals surface area contributed by atoms with Gasteiger partial charge < -0.3 is 5.32 Å². The van der Waals surface area contributed by atoms with Crippen LogP contribution in [0.1, 0.15) is 50.1 Å². The lowest BCUT2D eigenvalue weighted by molar-refractivity contribution is -0.717. The Morgan fingerprint density at radius 3 is 2.68 bits per heavy atom. The summed E-state index contributed by atoms with van der Waals surface area (Å²) in [5.74, 6) is 0.503. The highest BCUT2D eigenvalue weighted by molar-refractivity contribution is 7.15. The summed E-state index contributed by atoms with van der Waals surface area (Å²) in [6, 6.07) is 11.0. The SMILES string of the molecule is CCCc1ccc([C@@H]([NH2+]Cc2cc(=O)n3ccsc3n2)C(C)C)cc1. The first-order valence-electron chi connectivity index (χ1n) is 8.96. The van der Waals surface area contributed by atoms with Crippen LogP contribution in [-0.4, -0.2) is 9.38 Å². The number of hydrogen-bond donors (Lipinski definition) is 1. The van der Waals surface area contributed by atoms with Crippen molar-refractivity contribution in [3.05, 3.63) is 69.1 Å². The molecule has 5 heteroatoms. The predicted molar refractivity (Wildman–Crippen MR) is 103 cm³/mol. The van der Waals surface area contributed by atoms with Crippen LogP contribution < -0.4 is 10.9 Å². The number of aryl methyl sites for hydroxylation is 1. The molecule has 0 amide bonds. The number of nitrogens with two attached hydrogens (primary N) is 1. The first kappa shape index (κ1) is 17.8. The van der Waals surface area contributed by atoms with Crippen molar-refractivity contribution < 1.29 is 5.32 Å². The van der Waals surface area contributed by atoms with Crippen LogP contribution in [0.2, 0.25) is 0 Å². The molecule has 0 aliphatic carbocycles. The number of benzene rings is 1. The van der Waals surface area contributed by atoms with E-state index >= 15 is 0 Å². The summed E-state index contributed by atoms with van der Waals surface area (Å²) in [5.41, 5.74) is 3.58. The molecular formula is C20H26N3OS+.